The molecule has 704 valence electrons. The SMILES string of the molecule is Cc1ccccc1-c1cc(-c2ccccc2C)cc(N(c2cccc(F)c2)c2ccc3ccc4c(N(c5cccc(F)c5)c5cc(-c6ccccc6C)cc(-c6ccccc6C)c5)ccc5ccc2c3c54)c1.Fc1cccc(-c2cc(-c3cccc(F)c3)cc(N(c3cc(F)ccc3F)c3ccc4ccc5c(N(c6cc(-c7cccc(F)c7)cc(-c7cccc(F)c7)c6)c6cc(F)ccc6F)ccc6ccc3c4c65)c2)c1. The molecule has 14 heteroatoms. The van der Waals surface area contributed by atoms with E-state index < -0.39 is 46.5 Å². The quantitative estimate of drug-likeness (QED) is 0.0557. The molecule has 0 aliphatic rings. The maximum atomic E-state index is 16.6. The van der Waals surface area contributed by atoms with E-state index in [1.54, 1.807) is 131 Å². The van der Waals surface area contributed by atoms with Crippen molar-refractivity contribution >= 4 is 133 Å². The number of aryl methyl sites for hydroxylation is 4. The zero-order valence-electron chi connectivity index (χ0n) is 79.3. The van der Waals surface area contributed by atoms with Crippen LogP contribution in [-0.4, -0.2) is 0 Å². The lowest BCUT2D eigenvalue weighted by Gasteiger charge is -2.30. The van der Waals surface area contributed by atoms with E-state index in [0.717, 1.165) is 147 Å². The van der Waals surface area contributed by atoms with Gasteiger partial charge in [-0.3, -0.25) is 0 Å². The zero-order valence-corrected chi connectivity index (χ0v) is 79.3. The number of rotatable bonds is 20. The Kier molecular flexibility index (Phi) is 23.9. The predicted octanol–water partition coefficient (Wildman–Crippen LogP) is 39.0. The Morgan fingerprint density at radius 3 is 0.637 bits per heavy atom. The molecule has 24 aromatic rings. The molecule has 24 rings (SSSR count). The van der Waals surface area contributed by atoms with Gasteiger partial charge in [0.05, 0.1) is 34.1 Å². The minimum atomic E-state index is -0.756. The average Bonchev–Trinajstić information content (AvgIpc) is 0.718. The molecule has 0 aliphatic carbocycles. The Labute approximate surface area is 837 Å². The van der Waals surface area contributed by atoms with Crippen molar-refractivity contribution < 1.29 is 43.9 Å². The summed E-state index contributed by atoms with van der Waals surface area (Å²) in [5, 5.41) is 10.5. The van der Waals surface area contributed by atoms with Gasteiger partial charge >= 0.3 is 0 Å². The Hall–Kier alpha value is -18.1. The zero-order chi connectivity index (χ0) is 99.8. The highest BCUT2D eigenvalue weighted by Crippen LogP contribution is 2.55. The van der Waals surface area contributed by atoms with Crippen LogP contribution in [0.1, 0.15) is 22.3 Å². The van der Waals surface area contributed by atoms with Gasteiger partial charge in [0.25, 0.3) is 0 Å². The van der Waals surface area contributed by atoms with Gasteiger partial charge in [-0.25, -0.2) is 43.9 Å². The number of anilines is 12. The third-order valence-corrected chi connectivity index (χ3v) is 27.8. The number of nitrogens with zero attached hydrogens (tertiary/aromatic N) is 4. The van der Waals surface area contributed by atoms with Crippen molar-refractivity contribution in [2.75, 3.05) is 19.6 Å². The molecule has 0 aromatic heterocycles. The molecule has 0 heterocycles. The minimum absolute atomic E-state index is 0.151. The summed E-state index contributed by atoms with van der Waals surface area (Å²) < 4.78 is 155. The van der Waals surface area contributed by atoms with Crippen LogP contribution in [0.25, 0.3) is 154 Å². The first-order chi connectivity index (χ1) is 71.1. The molecule has 0 spiro atoms. The summed E-state index contributed by atoms with van der Waals surface area (Å²) in [7, 11) is 0. The number of hydrogen-bond donors (Lipinski definition) is 0. The fraction of sp³-hybridized carbons (Fsp3) is 0.0303. The summed E-state index contributed by atoms with van der Waals surface area (Å²) in [6.45, 7) is 8.59. The van der Waals surface area contributed by atoms with Crippen molar-refractivity contribution in [1.29, 1.82) is 0 Å². The highest BCUT2D eigenvalue weighted by Gasteiger charge is 2.31. The Morgan fingerprint density at radius 1 is 0.144 bits per heavy atom. The molecule has 0 aliphatic heterocycles. The van der Waals surface area contributed by atoms with Crippen LogP contribution in [-0.2, 0) is 0 Å². The summed E-state index contributed by atoms with van der Waals surface area (Å²) in [6, 6.07) is 134. The normalized spacial score (nSPS) is 11.5. The van der Waals surface area contributed by atoms with Crippen LogP contribution in [0.15, 0.2) is 449 Å². The van der Waals surface area contributed by atoms with E-state index >= 15 is 26.3 Å². The van der Waals surface area contributed by atoms with Crippen molar-refractivity contribution in [2.24, 2.45) is 0 Å². The molecular weight excluding hydrogens is 1830 g/mol. The van der Waals surface area contributed by atoms with Crippen LogP contribution in [0, 0.1) is 85.9 Å². The first-order valence-corrected chi connectivity index (χ1v) is 48.0. The van der Waals surface area contributed by atoms with Crippen LogP contribution < -0.4 is 19.6 Å². The number of hydrogen-bond acceptors (Lipinski definition) is 4. The van der Waals surface area contributed by atoms with Crippen molar-refractivity contribution in [2.45, 2.75) is 27.7 Å². The molecule has 0 N–H and O–H groups in total. The van der Waals surface area contributed by atoms with Crippen LogP contribution in [0.4, 0.5) is 112 Å². The predicted molar refractivity (Wildman–Crippen MR) is 581 cm³/mol. The number of benzene rings is 24. The second kappa shape index (κ2) is 38.0. The third-order valence-electron chi connectivity index (χ3n) is 27.8. The van der Waals surface area contributed by atoms with Gasteiger partial charge in [-0.1, -0.05) is 231 Å². The second-order valence-corrected chi connectivity index (χ2v) is 37.1. The van der Waals surface area contributed by atoms with Gasteiger partial charge in [-0.05, 0) is 388 Å². The van der Waals surface area contributed by atoms with Crippen LogP contribution in [0.3, 0.4) is 0 Å². The number of halogens is 10. The largest absolute Gasteiger partial charge is 0.310 e. The molecule has 0 saturated heterocycles. The Balaban J connectivity index is 0.000000161. The van der Waals surface area contributed by atoms with Crippen LogP contribution >= 0.6 is 0 Å². The standard InChI is InChI=1S/C68H50F2N2.C64H36F8N2/c1-43-15-5-9-23-59(43)49-35-50(60-24-10-6-16-44(60)2)38-57(37-49)71(55-21-13-19-53(69)41-55)65-33-29-47-28-32-64-66(34-30-48-27-31-63(65)67(47)68(48)64)72(56-22-14-20-54(70)42-56)58-39-51(61-25-11-7-17-45(61)3)36-52(40-58)62-26-12-8-18-46(62)4;65-47-9-1-5-39(27-47)43-25-44(40-6-2-10-48(66)28-40)32-53(31-43)73(61-35-51(69)17-21-57(61)71)59-23-15-37-14-20-56-60(24-16-38-13-19-55(59)63(37)64(38)56)74(62-36-52(70)18-22-58(62)72)54-33-45(41-7-3-11-49(67)29-41)26-46(34-54)42-8-4-12-50(68)30-42/h5-42H,1-4H3;1-36H. The van der Waals surface area contributed by atoms with Crippen LogP contribution in [0.5, 0.6) is 0 Å². The van der Waals surface area contributed by atoms with E-state index in [0.29, 0.717) is 100 Å². The van der Waals surface area contributed by atoms with Crippen molar-refractivity contribution in [3.63, 3.8) is 0 Å². The fourth-order valence-corrected chi connectivity index (χ4v) is 21.0. The second-order valence-electron chi connectivity index (χ2n) is 37.1. The minimum Gasteiger partial charge on any atom is -0.310 e. The first-order valence-electron chi connectivity index (χ1n) is 48.0. The van der Waals surface area contributed by atoms with E-state index in [4.69, 9.17) is 0 Å². The van der Waals surface area contributed by atoms with Gasteiger partial charge in [-0.15, -0.1) is 0 Å². The Morgan fingerprint density at radius 2 is 0.370 bits per heavy atom. The van der Waals surface area contributed by atoms with E-state index in [2.05, 4.69) is 219 Å². The molecule has 0 radical (unpaired) electrons. The summed E-state index contributed by atoms with van der Waals surface area (Å²) >= 11 is 0. The molecule has 146 heavy (non-hydrogen) atoms. The van der Waals surface area contributed by atoms with Crippen LogP contribution in [0.2, 0.25) is 0 Å². The maximum Gasteiger partial charge on any atom is 0.147 e. The summed E-state index contributed by atoms with van der Waals surface area (Å²) in [5.41, 5.74) is 23.7. The van der Waals surface area contributed by atoms with Crippen molar-refractivity contribution in [3.05, 3.63) is 529 Å². The molecule has 0 bridgehead atoms. The maximum absolute atomic E-state index is 16.6. The monoisotopic (exact) mass is 1920 g/mol. The average molecular weight is 1920 g/mol. The molecule has 0 fully saturated rings. The van der Waals surface area contributed by atoms with Gasteiger partial charge in [-0.2, -0.15) is 0 Å². The lowest BCUT2D eigenvalue weighted by atomic mass is 9.90. The van der Waals surface area contributed by atoms with Crippen molar-refractivity contribution in [1.82, 2.24) is 0 Å². The van der Waals surface area contributed by atoms with E-state index in [9.17, 15) is 17.6 Å². The highest BCUT2D eigenvalue weighted by atomic mass is 19.2. The van der Waals surface area contributed by atoms with E-state index in [1.165, 1.54) is 82.9 Å². The molecule has 24 aromatic carbocycles. The molecular formula is C132H86F10N4. The summed E-state index contributed by atoms with van der Waals surface area (Å²) in [4.78, 5) is 7.58. The molecule has 4 nitrogen and oxygen atoms in total. The van der Waals surface area contributed by atoms with Gasteiger partial charge in [0.2, 0.25) is 0 Å². The molecule has 0 unspecified atom stereocenters. The molecule has 0 amide bonds. The van der Waals surface area contributed by atoms with E-state index in [-0.39, 0.29) is 23.0 Å². The van der Waals surface area contributed by atoms with Crippen molar-refractivity contribution in [3.8, 4) is 89.0 Å². The fourth-order valence-electron chi connectivity index (χ4n) is 21.0. The topological polar surface area (TPSA) is 13.0 Å². The lowest BCUT2D eigenvalue weighted by Crippen LogP contribution is -2.14. The lowest BCUT2D eigenvalue weighted by molar-refractivity contribution is 0.601. The summed E-state index contributed by atoms with van der Waals surface area (Å²) in [5.74, 6) is -5.56. The smallest absolute Gasteiger partial charge is 0.147 e. The first kappa shape index (κ1) is 91.6. The third kappa shape index (κ3) is 17.4. The Bertz CT molecular complexity index is 8490. The van der Waals surface area contributed by atoms with Gasteiger partial charge in [0.15, 0.2) is 0 Å². The van der Waals surface area contributed by atoms with E-state index in [1.807, 2.05) is 48.5 Å². The molecule has 0 atom stereocenters. The highest BCUT2D eigenvalue weighted by molar-refractivity contribution is 6.30. The molecule has 0 saturated carbocycles. The van der Waals surface area contributed by atoms with Gasteiger partial charge in [0.1, 0.15) is 58.2 Å². The van der Waals surface area contributed by atoms with Gasteiger partial charge < -0.3 is 19.6 Å². The summed E-state index contributed by atoms with van der Waals surface area (Å²) in [6.07, 6.45) is 0. The van der Waals surface area contributed by atoms with Gasteiger partial charge in [0, 0.05) is 67.8 Å².